The highest BCUT2D eigenvalue weighted by atomic mass is 14.3. The number of benzene rings is 2. The Hall–Kier alpha value is -1.60. The maximum Gasteiger partial charge on any atom is 0.00305 e. The first-order valence-electron chi connectivity index (χ1n) is 6.16. The normalized spacial score (nSPS) is 20.1. The van der Waals surface area contributed by atoms with Crippen LogP contribution in [0.15, 0.2) is 36.4 Å². The van der Waals surface area contributed by atoms with Gasteiger partial charge in [-0.2, -0.15) is 0 Å². The molecule has 0 radical (unpaired) electrons. The first kappa shape index (κ1) is 10.5. The lowest BCUT2D eigenvalue weighted by atomic mass is 9.76. The summed E-state index contributed by atoms with van der Waals surface area (Å²) >= 11 is 0. The molecule has 1 heteroatoms. The van der Waals surface area contributed by atoms with Crippen LogP contribution in [0.5, 0.6) is 0 Å². The summed E-state index contributed by atoms with van der Waals surface area (Å²) in [6.45, 7) is 0. The van der Waals surface area contributed by atoms with E-state index in [2.05, 4.69) is 42.5 Å². The Morgan fingerprint density at radius 1 is 1.06 bits per heavy atom. The zero-order valence-corrected chi connectivity index (χ0v) is 9.95. The zero-order valence-electron chi connectivity index (χ0n) is 9.95. The van der Waals surface area contributed by atoms with Gasteiger partial charge in [0.15, 0.2) is 0 Å². The van der Waals surface area contributed by atoms with Crippen molar-refractivity contribution in [1.82, 2.24) is 6.15 Å². The van der Waals surface area contributed by atoms with Crippen molar-refractivity contribution in [3.05, 3.63) is 53.1 Å². The van der Waals surface area contributed by atoms with Crippen LogP contribution in [0, 0.1) is 0 Å². The number of rotatable bonds is 0. The third-order valence-electron chi connectivity index (χ3n) is 4.05. The molecule has 0 spiro atoms. The molecule has 2 aromatic rings. The summed E-state index contributed by atoms with van der Waals surface area (Å²) in [6, 6.07) is 11.3. The van der Waals surface area contributed by atoms with Crippen molar-refractivity contribution in [2.24, 2.45) is 0 Å². The molecule has 1 unspecified atom stereocenters. The highest BCUT2D eigenvalue weighted by molar-refractivity contribution is 5.96. The summed E-state index contributed by atoms with van der Waals surface area (Å²) in [6.07, 6.45) is 8.66. The molecular formula is C16H17N. The van der Waals surface area contributed by atoms with Crippen molar-refractivity contribution >= 4 is 16.8 Å². The molecule has 1 nitrogen and oxygen atoms in total. The minimum atomic E-state index is 0. The van der Waals surface area contributed by atoms with Crippen molar-refractivity contribution in [2.75, 3.05) is 0 Å². The first-order valence-corrected chi connectivity index (χ1v) is 6.16. The molecule has 0 bridgehead atoms. The largest absolute Gasteiger partial charge is 0.344 e. The van der Waals surface area contributed by atoms with E-state index in [4.69, 9.17) is 0 Å². The average Bonchev–Trinajstić information content (AvgIpc) is 2.36. The Balaban J connectivity index is 0.000000902. The molecule has 0 saturated carbocycles. The van der Waals surface area contributed by atoms with E-state index >= 15 is 0 Å². The predicted octanol–water partition coefficient (Wildman–Crippen LogP) is 4.45. The van der Waals surface area contributed by atoms with E-state index in [-0.39, 0.29) is 6.15 Å². The van der Waals surface area contributed by atoms with Crippen LogP contribution < -0.4 is 6.15 Å². The van der Waals surface area contributed by atoms with E-state index in [1.54, 1.807) is 11.1 Å². The summed E-state index contributed by atoms with van der Waals surface area (Å²) in [5.41, 5.74) is 4.62. The third-order valence-corrected chi connectivity index (χ3v) is 4.05. The lowest BCUT2D eigenvalue weighted by Crippen LogP contribution is -2.11. The maximum atomic E-state index is 2.40. The molecular weight excluding hydrogens is 206 g/mol. The quantitative estimate of drug-likeness (QED) is 0.703. The van der Waals surface area contributed by atoms with Crippen LogP contribution >= 0.6 is 0 Å². The summed E-state index contributed by atoms with van der Waals surface area (Å²) in [5.74, 6) is 0.683. The topological polar surface area (TPSA) is 35.0 Å². The van der Waals surface area contributed by atoms with Gasteiger partial charge >= 0.3 is 0 Å². The van der Waals surface area contributed by atoms with Crippen molar-refractivity contribution < 1.29 is 0 Å². The first-order chi connectivity index (χ1) is 7.93. The van der Waals surface area contributed by atoms with Crippen LogP contribution in [0.2, 0.25) is 0 Å². The van der Waals surface area contributed by atoms with Gasteiger partial charge in [-0.1, -0.05) is 42.5 Å². The molecule has 0 fully saturated rings. The molecule has 2 aliphatic rings. The van der Waals surface area contributed by atoms with Gasteiger partial charge in [-0.25, -0.2) is 0 Å². The monoisotopic (exact) mass is 223 g/mol. The Bertz CT molecular complexity index is 610. The standard InChI is InChI=1S/C16H14.H3N/c1-3-11-7-9-13-5-2-6-14-10-8-12(4-1)15(11)16(13)14;/h1,3-4,7-10,13H,2,5-6H2;1H3. The van der Waals surface area contributed by atoms with Crippen molar-refractivity contribution in [3.63, 3.8) is 0 Å². The van der Waals surface area contributed by atoms with Gasteiger partial charge in [-0.05, 0) is 46.7 Å². The summed E-state index contributed by atoms with van der Waals surface area (Å²) in [5, 5.41) is 2.93. The lowest BCUT2D eigenvalue weighted by molar-refractivity contribution is 0.633. The van der Waals surface area contributed by atoms with Crippen LogP contribution in [0.3, 0.4) is 0 Å². The molecule has 2 aliphatic carbocycles. The van der Waals surface area contributed by atoms with E-state index in [0.717, 1.165) is 0 Å². The van der Waals surface area contributed by atoms with E-state index in [9.17, 15) is 0 Å². The second kappa shape index (κ2) is 3.71. The summed E-state index contributed by atoms with van der Waals surface area (Å²) < 4.78 is 0. The molecule has 0 saturated heterocycles. The predicted molar refractivity (Wildman–Crippen MR) is 73.7 cm³/mol. The van der Waals surface area contributed by atoms with E-state index in [0.29, 0.717) is 5.92 Å². The van der Waals surface area contributed by atoms with Crippen molar-refractivity contribution in [3.8, 4) is 0 Å². The molecule has 0 amide bonds. The Morgan fingerprint density at radius 3 is 2.94 bits per heavy atom. The number of allylic oxidation sites excluding steroid dienone is 1. The highest BCUT2D eigenvalue weighted by Crippen LogP contribution is 2.42. The fourth-order valence-electron chi connectivity index (χ4n) is 3.33. The number of aryl methyl sites for hydroxylation is 1. The molecule has 0 aliphatic heterocycles. The Kier molecular flexibility index (Phi) is 2.30. The van der Waals surface area contributed by atoms with Gasteiger partial charge in [0.25, 0.3) is 0 Å². The van der Waals surface area contributed by atoms with E-state index < -0.39 is 0 Å². The molecule has 0 heterocycles. The minimum absolute atomic E-state index is 0. The maximum absolute atomic E-state index is 2.40. The van der Waals surface area contributed by atoms with Gasteiger partial charge in [0.05, 0.1) is 0 Å². The van der Waals surface area contributed by atoms with Crippen LogP contribution in [0.25, 0.3) is 16.8 Å². The lowest BCUT2D eigenvalue weighted by Gasteiger charge is -2.28. The SMILES string of the molecule is C1=CC2CCCc3ccc4cccc1c4c32.N. The molecule has 17 heavy (non-hydrogen) atoms. The van der Waals surface area contributed by atoms with E-state index in [1.807, 2.05) is 0 Å². The summed E-state index contributed by atoms with van der Waals surface area (Å²) in [7, 11) is 0. The fraction of sp³-hybridized carbons (Fsp3) is 0.250. The van der Waals surface area contributed by atoms with Gasteiger partial charge < -0.3 is 6.15 Å². The second-order valence-corrected chi connectivity index (χ2v) is 4.94. The number of hydrogen-bond donors (Lipinski definition) is 1. The molecule has 3 N–H and O–H groups in total. The van der Waals surface area contributed by atoms with E-state index in [1.165, 1.54) is 35.6 Å². The van der Waals surface area contributed by atoms with Gasteiger partial charge in [0.1, 0.15) is 0 Å². The highest BCUT2D eigenvalue weighted by Gasteiger charge is 2.23. The van der Waals surface area contributed by atoms with Gasteiger partial charge in [0, 0.05) is 5.92 Å². The van der Waals surface area contributed by atoms with Gasteiger partial charge in [-0.15, -0.1) is 0 Å². The molecule has 2 aromatic carbocycles. The molecule has 0 aromatic heterocycles. The van der Waals surface area contributed by atoms with Crippen LogP contribution in [-0.4, -0.2) is 0 Å². The zero-order chi connectivity index (χ0) is 10.5. The average molecular weight is 223 g/mol. The van der Waals surface area contributed by atoms with Crippen molar-refractivity contribution in [1.29, 1.82) is 0 Å². The summed E-state index contributed by atoms with van der Waals surface area (Å²) in [4.78, 5) is 0. The van der Waals surface area contributed by atoms with Gasteiger partial charge in [0.2, 0.25) is 0 Å². The van der Waals surface area contributed by atoms with Crippen molar-refractivity contribution in [2.45, 2.75) is 25.2 Å². The smallest absolute Gasteiger partial charge is 0.00305 e. The minimum Gasteiger partial charge on any atom is -0.344 e. The Morgan fingerprint density at radius 2 is 2.00 bits per heavy atom. The van der Waals surface area contributed by atoms with Gasteiger partial charge in [-0.3, -0.25) is 0 Å². The fourth-order valence-corrected chi connectivity index (χ4v) is 3.33. The second-order valence-electron chi connectivity index (χ2n) is 4.94. The third kappa shape index (κ3) is 1.36. The van der Waals surface area contributed by atoms with Crippen LogP contribution in [0.1, 0.15) is 35.4 Å². The number of hydrogen-bond acceptors (Lipinski definition) is 1. The van der Waals surface area contributed by atoms with Crippen LogP contribution in [-0.2, 0) is 6.42 Å². The molecule has 86 valence electrons. The molecule has 4 rings (SSSR count). The Labute approximate surface area is 102 Å². The van der Waals surface area contributed by atoms with Crippen LogP contribution in [0.4, 0.5) is 0 Å². The molecule has 1 atom stereocenters.